The van der Waals surface area contributed by atoms with Crippen molar-refractivity contribution in [2.24, 2.45) is 0 Å². The lowest BCUT2D eigenvalue weighted by Gasteiger charge is -2.45. The molecule has 0 bridgehead atoms. The van der Waals surface area contributed by atoms with Crippen LogP contribution in [-0.4, -0.2) is 36.5 Å². The van der Waals surface area contributed by atoms with Crippen LogP contribution in [0.1, 0.15) is 18.9 Å². The molecule has 0 aromatic heterocycles. The van der Waals surface area contributed by atoms with E-state index in [4.69, 9.17) is 5.26 Å². The van der Waals surface area contributed by atoms with Crippen LogP contribution in [0, 0.1) is 18.3 Å². The number of likely N-dealkylation sites (N-methyl/N-ethyl adjacent to an activating group) is 1. The number of nitriles is 1. The molecule has 0 N–H and O–H groups in total. The molecule has 4 heteroatoms. The molecule has 1 saturated heterocycles. The Morgan fingerprint density at radius 1 is 1.42 bits per heavy atom. The van der Waals surface area contributed by atoms with Gasteiger partial charge in [-0.25, -0.2) is 0 Å². The van der Waals surface area contributed by atoms with E-state index in [1.165, 1.54) is 0 Å². The topological polar surface area (TPSA) is 47.3 Å². The maximum Gasteiger partial charge on any atom is 0.246 e. The molecule has 2 atom stereocenters. The largest absolute Gasteiger partial charge is 0.354 e. The fourth-order valence-corrected chi connectivity index (χ4v) is 2.79. The molecule has 1 fully saturated rings. The highest BCUT2D eigenvalue weighted by Gasteiger charge is 2.37. The molecule has 19 heavy (non-hydrogen) atoms. The van der Waals surface area contributed by atoms with Crippen LogP contribution in [0.2, 0.25) is 0 Å². The number of aryl methyl sites for hydroxylation is 1. The van der Waals surface area contributed by atoms with E-state index < -0.39 is 0 Å². The number of para-hydroxylation sites is 1. The van der Waals surface area contributed by atoms with Crippen LogP contribution in [0.25, 0.3) is 0 Å². The van der Waals surface area contributed by atoms with Gasteiger partial charge in [0.05, 0.1) is 12.5 Å². The fourth-order valence-electron chi connectivity index (χ4n) is 2.79. The molecule has 0 spiro atoms. The van der Waals surface area contributed by atoms with Crippen LogP contribution in [0.5, 0.6) is 0 Å². The van der Waals surface area contributed by atoms with Gasteiger partial charge < -0.3 is 9.80 Å². The molecule has 1 aliphatic rings. The second-order valence-electron chi connectivity index (χ2n) is 5.14. The maximum atomic E-state index is 12.3. The third-order valence-corrected chi connectivity index (χ3v) is 3.69. The monoisotopic (exact) mass is 257 g/mol. The number of rotatable bonds is 2. The highest BCUT2D eigenvalue weighted by Crippen LogP contribution is 2.29. The second-order valence-corrected chi connectivity index (χ2v) is 5.14. The number of nitrogens with zero attached hydrogens (tertiary/aromatic N) is 3. The van der Waals surface area contributed by atoms with Gasteiger partial charge in [0.2, 0.25) is 5.91 Å². The van der Waals surface area contributed by atoms with Crippen molar-refractivity contribution >= 4 is 11.6 Å². The van der Waals surface area contributed by atoms with E-state index in [1.807, 2.05) is 31.2 Å². The van der Waals surface area contributed by atoms with Crippen molar-refractivity contribution < 1.29 is 4.79 Å². The number of piperazine rings is 1. The fraction of sp³-hybridized carbons (Fsp3) is 0.467. The maximum absolute atomic E-state index is 12.3. The first-order valence-electron chi connectivity index (χ1n) is 6.52. The molecule has 1 amide bonds. The van der Waals surface area contributed by atoms with Gasteiger partial charge in [-0.1, -0.05) is 18.2 Å². The van der Waals surface area contributed by atoms with Crippen molar-refractivity contribution in [1.29, 1.82) is 5.26 Å². The Labute approximate surface area is 114 Å². The highest BCUT2D eigenvalue weighted by molar-refractivity contribution is 5.87. The van der Waals surface area contributed by atoms with Gasteiger partial charge in [0.15, 0.2) is 0 Å². The van der Waals surface area contributed by atoms with Crippen LogP contribution >= 0.6 is 0 Å². The minimum Gasteiger partial charge on any atom is -0.354 e. The predicted octanol–water partition coefficient (Wildman–Crippen LogP) is 1.94. The van der Waals surface area contributed by atoms with E-state index in [9.17, 15) is 4.79 Å². The van der Waals surface area contributed by atoms with Crippen LogP contribution in [-0.2, 0) is 4.79 Å². The van der Waals surface area contributed by atoms with Gasteiger partial charge in [0.25, 0.3) is 0 Å². The zero-order chi connectivity index (χ0) is 14.0. The van der Waals surface area contributed by atoms with Crippen molar-refractivity contribution in [2.75, 3.05) is 18.5 Å². The minimum absolute atomic E-state index is 0.0305. The smallest absolute Gasteiger partial charge is 0.246 e. The Balaban J connectivity index is 2.43. The number of hydrogen-bond donors (Lipinski definition) is 0. The van der Waals surface area contributed by atoms with Gasteiger partial charge in [-0.15, -0.1) is 0 Å². The first-order valence-corrected chi connectivity index (χ1v) is 6.52. The van der Waals surface area contributed by atoms with Gasteiger partial charge in [0.1, 0.15) is 6.04 Å². The molecule has 100 valence electrons. The number of amides is 1. The van der Waals surface area contributed by atoms with Crippen LogP contribution < -0.4 is 4.90 Å². The first-order chi connectivity index (χ1) is 9.06. The molecular weight excluding hydrogens is 238 g/mol. The summed E-state index contributed by atoms with van der Waals surface area (Å²) in [5.74, 6) is 0.0305. The molecule has 0 radical (unpaired) electrons. The van der Waals surface area contributed by atoms with E-state index in [1.54, 1.807) is 11.9 Å². The summed E-state index contributed by atoms with van der Waals surface area (Å²) in [5.41, 5.74) is 2.19. The second kappa shape index (κ2) is 5.31. The number of benzene rings is 1. The van der Waals surface area contributed by atoms with E-state index in [0.29, 0.717) is 6.54 Å². The summed E-state index contributed by atoms with van der Waals surface area (Å²) in [5, 5.41) is 9.00. The van der Waals surface area contributed by atoms with E-state index >= 15 is 0 Å². The summed E-state index contributed by atoms with van der Waals surface area (Å²) in [7, 11) is 1.80. The first kappa shape index (κ1) is 13.4. The summed E-state index contributed by atoms with van der Waals surface area (Å²) < 4.78 is 0. The third-order valence-electron chi connectivity index (χ3n) is 3.69. The van der Waals surface area contributed by atoms with Crippen LogP contribution in [0.4, 0.5) is 5.69 Å². The average molecular weight is 257 g/mol. The molecule has 1 heterocycles. The normalized spacial score (nSPS) is 23.4. The van der Waals surface area contributed by atoms with E-state index in [0.717, 1.165) is 11.3 Å². The van der Waals surface area contributed by atoms with Gasteiger partial charge in [-0.2, -0.15) is 5.26 Å². The molecule has 0 aliphatic carbocycles. The number of carbonyl (C=O) groups is 1. The Kier molecular flexibility index (Phi) is 3.75. The molecule has 2 rings (SSSR count). The van der Waals surface area contributed by atoms with Gasteiger partial charge in [0, 0.05) is 25.3 Å². The van der Waals surface area contributed by atoms with E-state index in [-0.39, 0.29) is 24.4 Å². The van der Waals surface area contributed by atoms with Crippen molar-refractivity contribution in [3.05, 3.63) is 29.8 Å². The lowest BCUT2D eigenvalue weighted by Crippen LogP contribution is -2.60. The highest BCUT2D eigenvalue weighted by atomic mass is 16.2. The molecule has 4 nitrogen and oxygen atoms in total. The van der Waals surface area contributed by atoms with Crippen molar-refractivity contribution in [2.45, 2.75) is 32.4 Å². The number of anilines is 1. The number of carbonyl (C=O) groups excluding carboxylic acids is 1. The quantitative estimate of drug-likeness (QED) is 0.813. The van der Waals surface area contributed by atoms with Gasteiger partial charge >= 0.3 is 0 Å². The SMILES string of the molecule is Cc1ccccc1N1C(C)CN(C)C(=O)C1CC#N. The summed E-state index contributed by atoms with van der Waals surface area (Å²) in [6.45, 7) is 4.82. The molecular formula is C15H19N3O. The summed E-state index contributed by atoms with van der Waals surface area (Å²) in [6.07, 6.45) is 0.224. The third kappa shape index (κ3) is 2.41. The molecule has 2 unspecified atom stereocenters. The van der Waals surface area contributed by atoms with Gasteiger partial charge in [-0.3, -0.25) is 4.79 Å². The van der Waals surface area contributed by atoms with Gasteiger partial charge in [-0.05, 0) is 25.5 Å². The summed E-state index contributed by atoms with van der Waals surface area (Å²) >= 11 is 0. The van der Waals surface area contributed by atoms with Crippen molar-refractivity contribution in [3.63, 3.8) is 0 Å². The minimum atomic E-state index is -0.375. The van der Waals surface area contributed by atoms with Crippen molar-refractivity contribution in [3.8, 4) is 6.07 Å². The predicted molar refractivity (Wildman–Crippen MR) is 74.8 cm³/mol. The average Bonchev–Trinajstić information content (AvgIpc) is 2.38. The van der Waals surface area contributed by atoms with Crippen molar-refractivity contribution in [1.82, 2.24) is 4.90 Å². The zero-order valence-electron chi connectivity index (χ0n) is 11.6. The Bertz CT molecular complexity index is 520. The summed E-state index contributed by atoms with van der Waals surface area (Å²) in [6, 6.07) is 9.99. The summed E-state index contributed by atoms with van der Waals surface area (Å²) in [4.78, 5) is 16.1. The lowest BCUT2D eigenvalue weighted by molar-refractivity contribution is -0.133. The Morgan fingerprint density at radius 3 is 2.74 bits per heavy atom. The Hall–Kier alpha value is -2.02. The standard InChI is InChI=1S/C15H19N3O/c1-11-6-4-5-7-13(11)18-12(2)10-17(3)15(19)14(18)8-9-16/h4-7,12,14H,8,10H2,1-3H3. The Morgan fingerprint density at radius 2 is 2.11 bits per heavy atom. The molecule has 1 aromatic rings. The van der Waals surface area contributed by atoms with Crippen LogP contribution in [0.15, 0.2) is 24.3 Å². The van der Waals surface area contributed by atoms with E-state index in [2.05, 4.69) is 17.9 Å². The van der Waals surface area contributed by atoms with Crippen LogP contribution in [0.3, 0.4) is 0 Å². The molecule has 0 saturated carbocycles. The molecule has 1 aromatic carbocycles. The zero-order valence-corrected chi connectivity index (χ0v) is 11.6. The molecule has 1 aliphatic heterocycles. The number of hydrogen-bond acceptors (Lipinski definition) is 3. The lowest BCUT2D eigenvalue weighted by atomic mass is 10.0.